The highest BCUT2D eigenvalue weighted by atomic mass is 16.1. The first kappa shape index (κ1) is 23.1. The van der Waals surface area contributed by atoms with Gasteiger partial charge < -0.3 is 0 Å². The number of carbonyl (C=O) groups excluding carboxylic acids is 1. The van der Waals surface area contributed by atoms with E-state index in [0.29, 0.717) is 11.3 Å². The molecule has 2 aliphatic carbocycles. The van der Waals surface area contributed by atoms with Gasteiger partial charge in [0.2, 0.25) is 0 Å². The predicted molar refractivity (Wildman–Crippen MR) is 127 cm³/mol. The fourth-order valence-corrected chi connectivity index (χ4v) is 3.54. The van der Waals surface area contributed by atoms with Gasteiger partial charge in [0.25, 0.3) is 0 Å². The zero-order valence-electron chi connectivity index (χ0n) is 19.4. The van der Waals surface area contributed by atoms with Gasteiger partial charge in [-0.25, -0.2) is 0 Å². The summed E-state index contributed by atoms with van der Waals surface area (Å²) in [5, 5.41) is 0. The monoisotopic (exact) mass is 390 g/mol. The van der Waals surface area contributed by atoms with Crippen molar-refractivity contribution in [1.82, 2.24) is 0 Å². The minimum atomic E-state index is 0.103. The molecule has 0 N–H and O–H groups in total. The normalized spacial score (nSPS) is 20.9. The molecule has 0 saturated carbocycles. The zero-order chi connectivity index (χ0) is 21.7. The van der Waals surface area contributed by atoms with Crippen LogP contribution in [0.25, 0.3) is 6.08 Å². The van der Waals surface area contributed by atoms with E-state index in [4.69, 9.17) is 0 Å². The van der Waals surface area contributed by atoms with Gasteiger partial charge in [0.05, 0.1) is 0 Å². The Labute approximate surface area is 178 Å². The van der Waals surface area contributed by atoms with Crippen LogP contribution >= 0.6 is 0 Å². The van der Waals surface area contributed by atoms with Crippen LogP contribution in [-0.2, 0) is 4.79 Å². The Morgan fingerprint density at radius 3 is 1.97 bits per heavy atom. The van der Waals surface area contributed by atoms with Crippen LogP contribution in [0.2, 0.25) is 0 Å². The van der Waals surface area contributed by atoms with Crippen LogP contribution < -0.4 is 0 Å². The number of rotatable bonds is 1. The summed E-state index contributed by atoms with van der Waals surface area (Å²) in [5.74, 6) is 0.735. The van der Waals surface area contributed by atoms with Crippen molar-refractivity contribution in [3.63, 3.8) is 0 Å². The Kier molecular flexibility index (Phi) is 7.63. The number of aryl methyl sites for hydroxylation is 1. The first-order valence-corrected chi connectivity index (χ1v) is 10.8. The first-order valence-electron chi connectivity index (χ1n) is 10.8. The molecule has 0 heterocycles. The van der Waals surface area contributed by atoms with Gasteiger partial charge in [-0.3, -0.25) is 4.79 Å². The zero-order valence-corrected chi connectivity index (χ0v) is 19.4. The minimum absolute atomic E-state index is 0.103. The maximum atomic E-state index is 10.3. The van der Waals surface area contributed by atoms with E-state index in [0.717, 1.165) is 12.8 Å². The lowest BCUT2D eigenvalue weighted by molar-refractivity contribution is -0.110. The van der Waals surface area contributed by atoms with Crippen molar-refractivity contribution in [2.24, 2.45) is 16.7 Å². The van der Waals surface area contributed by atoms with Crippen molar-refractivity contribution in [3.05, 3.63) is 76.9 Å². The molecule has 1 aromatic carbocycles. The second-order valence-corrected chi connectivity index (χ2v) is 10.5. The molecule has 0 radical (unpaired) electrons. The van der Waals surface area contributed by atoms with Gasteiger partial charge in [-0.1, -0.05) is 107 Å². The van der Waals surface area contributed by atoms with Crippen LogP contribution in [0, 0.1) is 23.7 Å². The number of hydrogen-bond donors (Lipinski definition) is 0. The molecule has 0 aliphatic heterocycles. The highest BCUT2D eigenvalue weighted by Crippen LogP contribution is 2.44. The molecule has 3 rings (SSSR count). The Hall–Kier alpha value is -2.15. The molecule has 1 aromatic rings. The average molecular weight is 391 g/mol. The summed E-state index contributed by atoms with van der Waals surface area (Å²) in [5.41, 5.74) is 6.42. The van der Waals surface area contributed by atoms with Crippen LogP contribution in [0.15, 0.2) is 65.8 Å². The Bertz CT molecular complexity index is 801. The molecule has 0 spiro atoms. The minimum Gasteiger partial charge on any atom is -0.290 e. The molecule has 1 nitrogen and oxygen atoms in total. The Morgan fingerprint density at radius 1 is 0.931 bits per heavy atom. The van der Waals surface area contributed by atoms with Gasteiger partial charge in [-0.2, -0.15) is 0 Å². The Balaban J connectivity index is 0.000000360. The molecule has 0 fully saturated rings. The standard InChI is InChI=1S/C22H32.C6H6O/c1-16-8-10-17(11-9-16)12-18-13-19(21(2,3)4)15-20(14-18)22(5,6)7;7-6-4-2-1-3-5-6/h8-12,15,19H,13-14H2,1-7H3;2-5H,1H2. The molecule has 0 aromatic heterocycles. The molecule has 156 valence electrons. The number of benzene rings is 1. The van der Waals surface area contributed by atoms with Crippen molar-refractivity contribution in [2.45, 2.75) is 67.7 Å². The van der Waals surface area contributed by atoms with E-state index in [1.54, 1.807) is 23.3 Å². The van der Waals surface area contributed by atoms with E-state index in [9.17, 15) is 4.79 Å². The fourth-order valence-electron chi connectivity index (χ4n) is 3.54. The van der Waals surface area contributed by atoms with E-state index in [1.165, 1.54) is 17.5 Å². The van der Waals surface area contributed by atoms with Gasteiger partial charge in [-0.15, -0.1) is 0 Å². The second kappa shape index (κ2) is 9.57. The quantitative estimate of drug-likeness (QED) is 0.446. The van der Waals surface area contributed by atoms with E-state index in [-0.39, 0.29) is 11.2 Å². The lowest BCUT2D eigenvalue weighted by Gasteiger charge is -2.37. The van der Waals surface area contributed by atoms with E-state index in [2.05, 4.69) is 84.9 Å². The van der Waals surface area contributed by atoms with Crippen molar-refractivity contribution in [2.75, 3.05) is 0 Å². The van der Waals surface area contributed by atoms with E-state index >= 15 is 0 Å². The molecule has 0 amide bonds. The topological polar surface area (TPSA) is 17.1 Å². The molecular formula is C28H38O. The molecule has 0 bridgehead atoms. The Morgan fingerprint density at radius 2 is 1.52 bits per heavy atom. The van der Waals surface area contributed by atoms with E-state index in [1.807, 2.05) is 12.2 Å². The average Bonchev–Trinajstić information content (AvgIpc) is 2.63. The smallest absolute Gasteiger partial charge is 0.178 e. The van der Waals surface area contributed by atoms with Crippen LogP contribution in [0.5, 0.6) is 0 Å². The number of allylic oxidation sites excluding steroid dienone is 7. The highest BCUT2D eigenvalue weighted by Gasteiger charge is 2.30. The molecular weight excluding hydrogens is 352 g/mol. The van der Waals surface area contributed by atoms with Gasteiger partial charge in [0.1, 0.15) is 0 Å². The summed E-state index contributed by atoms with van der Waals surface area (Å²) in [6, 6.07) is 8.89. The molecule has 2 aliphatic rings. The lowest BCUT2D eigenvalue weighted by atomic mass is 9.68. The predicted octanol–water partition coefficient (Wildman–Crippen LogP) is 7.88. The number of hydrogen-bond acceptors (Lipinski definition) is 1. The van der Waals surface area contributed by atoms with Crippen molar-refractivity contribution in [3.8, 4) is 0 Å². The molecule has 1 heteroatoms. The number of carbonyl (C=O) groups is 1. The van der Waals surface area contributed by atoms with Gasteiger partial charge in [0.15, 0.2) is 5.78 Å². The third kappa shape index (κ3) is 7.65. The van der Waals surface area contributed by atoms with Gasteiger partial charge in [0, 0.05) is 0 Å². The third-order valence-corrected chi connectivity index (χ3v) is 5.66. The third-order valence-electron chi connectivity index (χ3n) is 5.66. The summed E-state index contributed by atoms with van der Waals surface area (Å²) in [6.45, 7) is 16.3. The number of ketones is 1. The highest BCUT2D eigenvalue weighted by molar-refractivity contribution is 5.99. The molecule has 0 saturated heterocycles. The summed E-state index contributed by atoms with van der Waals surface area (Å²) in [6.07, 6.45) is 15.1. The first-order chi connectivity index (χ1) is 13.4. The van der Waals surface area contributed by atoms with Gasteiger partial charge >= 0.3 is 0 Å². The summed E-state index contributed by atoms with van der Waals surface area (Å²) in [7, 11) is 0. The fraction of sp³-hybridized carbons (Fsp3) is 0.464. The maximum absolute atomic E-state index is 10.3. The van der Waals surface area contributed by atoms with Gasteiger partial charge in [-0.05, 0) is 60.6 Å². The second-order valence-electron chi connectivity index (χ2n) is 10.5. The molecule has 29 heavy (non-hydrogen) atoms. The SMILES string of the molecule is Cc1ccc(C=C2CC(C(C)(C)C)=CC(C(C)(C)C)C2)cc1.O=C1C=CCC=C1. The lowest BCUT2D eigenvalue weighted by Crippen LogP contribution is -2.25. The van der Waals surface area contributed by atoms with Crippen LogP contribution in [-0.4, -0.2) is 5.78 Å². The summed E-state index contributed by atoms with van der Waals surface area (Å²) >= 11 is 0. The largest absolute Gasteiger partial charge is 0.290 e. The molecule has 1 atom stereocenters. The molecule has 1 unspecified atom stereocenters. The van der Waals surface area contributed by atoms with Crippen molar-refractivity contribution in [1.29, 1.82) is 0 Å². The summed E-state index contributed by atoms with van der Waals surface area (Å²) in [4.78, 5) is 10.3. The summed E-state index contributed by atoms with van der Waals surface area (Å²) < 4.78 is 0. The van der Waals surface area contributed by atoms with Crippen LogP contribution in [0.4, 0.5) is 0 Å². The van der Waals surface area contributed by atoms with Crippen LogP contribution in [0.1, 0.15) is 71.9 Å². The van der Waals surface area contributed by atoms with Crippen LogP contribution in [0.3, 0.4) is 0 Å². The maximum Gasteiger partial charge on any atom is 0.178 e. The van der Waals surface area contributed by atoms with Crippen molar-refractivity contribution >= 4 is 11.9 Å². The van der Waals surface area contributed by atoms with E-state index < -0.39 is 0 Å². The van der Waals surface area contributed by atoms with Crippen molar-refractivity contribution < 1.29 is 4.79 Å².